The van der Waals surface area contributed by atoms with E-state index in [0.717, 1.165) is 25.0 Å². The largest absolute Gasteiger partial charge is 0.422 e. The van der Waals surface area contributed by atoms with Crippen LogP contribution in [0, 0.1) is 0 Å². The highest BCUT2D eigenvalue weighted by atomic mass is 32.2. The molecule has 1 aromatic carbocycles. The van der Waals surface area contributed by atoms with E-state index in [9.17, 15) is 9.59 Å². The summed E-state index contributed by atoms with van der Waals surface area (Å²) in [4.78, 5) is 26.3. The van der Waals surface area contributed by atoms with Crippen molar-refractivity contribution in [1.82, 2.24) is 4.90 Å². The molecular formula is C16H19NO3S. The maximum atomic E-state index is 12.2. The highest BCUT2D eigenvalue weighted by Crippen LogP contribution is 2.16. The lowest BCUT2D eigenvalue weighted by molar-refractivity contribution is 0.108. The van der Waals surface area contributed by atoms with Crippen LogP contribution < -0.4 is 5.63 Å². The van der Waals surface area contributed by atoms with E-state index in [2.05, 4.69) is 18.7 Å². The van der Waals surface area contributed by atoms with Gasteiger partial charge in [-0.15, -0.1) is 0 Å². The number of carbonyl (C=O) groups is 1. The van der Waals surface area contributed by atoms with Gasteiger partial charge in [0, 0.05) is 17.7 Å². The first-order valence-corrected chi connectivity index (χ1v) is 8.06. The Balaban J connectivity index is 2.09. The Morgan fingerprint density at radius 3 is 2.67 bits per heavy atom. The standard InChI is InChI=1S/C16H19NO3S/c1-3-17(4-2)9-10-21-16(19)13-11-12-7-5-6-8-14(12)20-15(13)18/h5-8,11H,3-4,9-10H2,1-2H3. The molecular weight excluding hydrogens is 286 g/mol. The van der Waals surface area contributed by atoms with Gasteiger partial charge in [0.2, 0.25) is 5.12 Å². The molecule has 0 atom stereocenters. The van der Waals surface area contributed by atoms with Gasteiger partial charge in [-0.3, -0.25) is 4.79 Å². The molecule has 0 aliphatic rings. The molecule has 0 radical (unpaired) electrons. The summed E-state index contributed by atoms with van der Waals surface area (Å²) in [6, 6.07) is 8.82. The maximum absolute atomic E-state index is 12.2. The van der Waals surface area contributed by atoms with Gasteiger partial charge in [0.1, 0.15) is 11.1 Å². The summed E-state index contributed by atoms with van der Waals surface area (Å²) >= 11 is 1.17. The number of hydrogen-bond donors (Lipinski definition) is 0. The zero-order valence-corrected chi connectivity index (χ0v) is 13.1. The fourth-order valence-electron chi connectivity index (χ4n) is 2.09. The summed E-state index contributed by atoms with van der Waals surface area (Å²) in [5.74, 6) is 0.673. The number of thioether (sulfide) groups is 1. The summed E-state index contributed by atoms with van der Waals surface area (Å²) in [5.41, 5.74) is 0.0690. The monoisotopic (exact) mass is 305 g/mol. The van der Waals surface area contributed by atoms with Gasteiger partial charge in [-0.2, -0.15) is 0 Å². The van der Waals surface area contributed by atoms with Crippen molar-refractivity contribution in [1.29, 1.82) is 0 Å². The molecule has 112 valence electrons. The van der Waals surface area contributed by atoms with Crippen LogP contribution in [-0.2, 0) is 0 Å². The Hall–Kier alpha value is -1.59. The van der Waals surface area contributed by atoms with Crippen molar-refractivity contribution in [3.8, 4) is 0 Å². The van der Waals surface area contributed by atoms with E-state index < -0.39 is 5.63 Å². The van der Waals surface area contributed by atoms with Crippen molar-refractivity contribution < 1.29 is 9.21 Å². The molecule has 21 heavy (non-hydrogen) atoms. The molecule has 0 aliphatic heterocycles. The molecule has 2 aromatic rings. The Labute approximate surface area is 128 Å². The first kappa shape index (κ1) is 15.8. The summed E-state index contributed by atoms with van der Waals surface area (Å²) in [5, 5.41) is 0.548. The fourth-order valence-corrected chi connectivity index (χ4v) is 2.92. The lowest BCUT2D eigenvalue weighted by Crippen LogP contribution is -2.26. The van der Waals surface area contributed by atoms with Crippen LogP contribution in [0.1, 0.15) is 24.2 Å². The van der Waals surface area contributed by atoms with Gasteiger partial charge >= 0.3 is 5.63 Å². The van der Waals surface area contributed by atoms with Crippen molar-refractivity contribution >= 4 is 27.8 Å². The molecule has 0 fully saturated rings. The number of nitrogens with zero attached hydrogens (tertiary/aromatic N) is 1. The zero-order valence-electron chi connectivity index (χ0n) is 12.3. The Morgan fingerprint density at radius 2 is 1.95 bits per heavy atom. The quantitative estimate of drug-likeness (QED) is 0.768. The summed E-state index contributed by atoms with van der Waals surface area (Å²) in [6.45, 7) is 6.94. The molecule has 0 spiro atoms. The molecule has 0 unspecified atom stereocenters. The van der Waals surface area contributed by atoms with Crippen molar-refractivity contribution in [2.45, 2.75) is 13.8 Å². The second-order valence-electron chi connectivity index (χ2n) is 4.65. The molecule has 2 rings (SSSR count). The van der Waals surface area contributed by atoms with E-state index in [4.69, 9.17) is 4.42 Å². The van der Waals surface area contributed by atoms with Gasteiger partial charge in [0.25, 0.3) is 0 Å². The molecule has 0 aliphatic carbocycles. The van der Waals surface area contributed by atoms with Gasteiger partial charge in [0.15, 0.2) is 0 Å². The molecule has 1 aromatic heterocycles. The average molecular weight is 305 g/mol. The minimum Gasteiger partial charge on any atom is -0.422 e. The molecule has 5 heteroatoms. The van der Waals surface area contributed by atoms with Crippen LogP contribution in [0.4, 0.5) is 0 Å². The van der Waals surface area contributed by atoms with Crippen LogP contribution in [0.25, 0.3) is 11.0 Å². The minimum absolute atomic E-state index is 0.123. The molecule has 0 amide bonds. The highest BCUT2D eigenvalue weighted by molar-refractivity contribution is 8.14. The third-order valence-corrected chi connectivity index (χ3v) is 4.27. The number of benzene rings is 1. The number of fused-ring (bicyclic) bond motifs is 1. The average Bonchev–Trinajstić information content (AvgIpc) is 2.50. The zero-order chi connectivity index (χ0) is 15.2. The number of carbonyl (C=O) groups excluding carboxylic acids is 1. The van der Waals surface area contributed by atoms with E-state index >= 15 is 0 Å². The Bertz CT molecular complexity index is 677. The lowest BCUT2D eigenvalue weighted by atomic mass is 10.2. The lowest BCUT2D eigenvalue weighted by Gasteiger charge is -2.16. The van der Waals surface area contributed by atoms with E-state index in [0.29, 0.717) is 11.3 Å². The van der Waals surface area contributed by atoms with E-state index in [1.807, 2.05) is 12.1 Å². The van der Waals surface area contributed by atoms with Gasteiger partial charge in [-0.05, 0) is 25.2 Å². The minimum atomic E-state index is -0.561. The van der Waals surface area contributed by atoms with Gasteiger partial charge in [-0.25, -0.2) is 4.79 Å². The summed E-state index contributed by atoms with van der Waals surface area (Å²) in [6.07, 6.45) is 0. The smallest absolute Gasteiger partial charge is 0.348 e. The molecule has 4 nitrogen and oxygen atoms in total. The fraction of sp³-hybridized carbons (Fsp3) is 0.375. The van der Waals surface area contributed by atoms with Crippen LogP contribution in [0.15, 0.2) is 39.5 Å². The van der Waals surface area contributed by atoms with Crippen LogP contribution in [0.3, 0.4) is 0 Å². The van der Waals surface area contributed by atoms with E-state index in [1.54, 1.807) is 18.2 Å². The molecule has 1 heterocycles. The van der Waals surface area contributed by atoms with Crippen molar-refractivity contribution in [2.24, 2.45) is 0 Å². The number of rotatable bonds is 6. The maximum Gasteiger partial charge on any atom is 0.348 e. The normalized spacial score (nSPS) is 11.2. The van der Waals surface area contributed by atoms with Gasteiger partial charge in [-0.1, -0.05) is 43.8 Å². The van der Waals surface area contributed by atoms with Crippen LogP contribution >= 0.6 is 11.8 Å². The third kappa shape index (κ3) is 3.95. The first-order chi connectivity index (χ1) is 10.2. The third-order valence-electron chi connectivity index (χ3n) is 3.40. The Morgan fingerprint density at radius 1 is 1.24 bits per heavy atom. The second-order valence-corrected chi connectivity index (χ2v) is 5.72. The molecule has 0 saturated carbocycles. The summed E-state index contributed by atoms with van der Waals surface area (Å²) < 4.78 is 5.18. The second kappa shape index (κ2) is 7.43. The van der Waals surface area contributed by atoms with Crippen LogP contribution in [0.2, 0.25) is 0 Å². The van der Waals surface area contributed by atoms with Crippen LogP contribution in [0.5, 0.6) is 0 Å². The SMILES string of the molecule is CCN(CC)CCSC(=O)c1cc2ccccc2oc1=O. The highest BCUT2D eigenvalue weighted by Gasteiger charge is 2.14. The van der Waals surface area contributed by atoms with E-state index in [1.165, 1.54) is 11.8 Å². The van der Waals surface area contributed by atoms with Crippen LogP contribution in [-0.4, -0.2) is 35.4 Å². The van der Waals surface area contributed by atoms with Crippen molar-refractivity contribution in [2.75, 3.05) is 25.4 Å². The number of hydrogen-bond acceptors (Lipinski definition) is 5. The van der Waals surface area contributed by atoms with Gasteiger partial charge in [0.05, 0.1) is 0 Å². The summed E-state index contributed by atoms with van der Waals surface area (Å²) in [7, 11) is 0. The molecule has 0 saturated heterocycles. The van der Waals surface area contributed by atoms with Crippen molar-refractivity contribution in [3.05, 3.63) is 46.3 Å². The van der Waals surface area contributed by atoms with E-state index in [-0.39, 0.29) is 10.7 Å². The molecule has 0 bridgehead atoms. The predicted octanol–water partition coefficient (Wildman–Crippen LogP) is 3.01. The number of para-hydroxylation sites is 1. The van der Waals surface area contributed by atoms with Crippen molar-refractivity contribution in [3.63, 3.8) is 0 Å². The first-order valence-electron chi connectivity index (χ1n) is 7.08. The Kier molecular flexibility index (Phi) is 5.59. The predicted molar refractivity (Wildman–Crippen MR) is 87.1 cm³/mol. The van der Waals surface area contributed by atoms with Gasteiger partial charge < -0.3 is 9.32 Å². The molecule has 0 N–H and O–H groups in total. The topological polar surface area (TPSA) is 50.5 Å².